The van der Waals surface area contributed by atoms with Crippen LogP contribution in [0.25, 0.3) is 0 Å². The Morgan fingerprint density at radius 3 is 2.30 bits per heavy atom. The smallest absolute Gasteiger partial charge is 0.311 e. The van der Waals surface area contributed by atoms with Crippen LogP contribution in [0.2, 0.25) is 5.02 Å². The Kier molecular flexibility index (Phi) is 5.77. The molecule has 0 saturated carbocycles. The predicted octanol–water partition coefficient (Wildman–Crippen LogP) is 3.76. The molecule has 2 aromatic rings. The molecule has 4 nitrogen and oxygen atoms in total. The highest BCUT2D eigenvalue weighted by molar-refractivity contribution is 6.30. The van der Waals surface area contributed by atoms with Crippen LogP contribution in [0.1, 0.15) is 18.1 Å². The van der Waals surface area contributed by atoms with Crippen molar-refractivity contribution in [3.8, 4) is 0 Å². The van der Waals surface area contributed by atoms with E-state index in [1.54, 1.807) is 24.3 Å². The fourth-order valence-corrected chi connectivity index (χ4v) is 2.07. The molecular weight excluding hydrogens is 314 g/mol. The number of ether oxygens (including phenoxy) is 1. The van der Waals surface area contributed by atoms with Crippen molar-refractivity contribution >= 4 is 29.2 Å². The second-order valence-corrected chi connectivity index (χ2v) is 5.73. The molecule has 0 spiro atoms. The molecule has 1 amide bonds. The molecule has 0 bridgehead atoms. The van der Waals surface area contributed by atoms with Gasteiger partial charge in [-0.2, -0.15) is 0 Å². The third kappa shape index (κ3) is 5.42. The van der Waals surface area contributed by atoms with E-state index < -0.39 is 12.1 Å². The maximum Gasteiger partial charge on any atom is 0.311 e. The summed E-state index contributed by atoms with van der Waals surface area (Å²) in [6, 6.07) is 14.3. The normalized spacial score (nSPS) is 11.6. The van der Waals surface area contributed by atoms with E-state index in [4.69, 9.17) is 16.3 Å². The highest BCUT2D eigenvalue weighted by atomic mass is 35.5. The van der Waals surface area contributed by atoms with Crippen molar-refractivity contribution in [3.05, 3.63) is 64.7 Å². The summed E-state index contributed by atoms with van der Waals surface area (Å²) in [7, 11) is 0. The van der Waals surface area contributed by atoms with Gasteiger partial charge in [-0.15, -0.1) is 0 Å². The lowest BCUT2D eigenvalue weighted by molar-refractivity contribution is -0.152. The summed E-state index contributed by atoms with van der Waals surface area (Å²) in [4.78, 5) is 23.9. The Labute approximate surface area is 140 Å². The average molecular weight is 332 g/mol. The Bertz CT molecular complexity index is 680. The Morgan fingerprint density at radius 2 is 1.70 bits per heavy atom. The minimum atomic E-state index is -0.872. The molecule has 0 aliphatic rings. The number of anilines is 1. The van der Waals surface area contributed by atoms with Gasteiger partial charge in [0.15, 0.2) is 6.10 Å². The third-order valence-electron chi connectivity index (χ3n) is 3.26. The summed E-state index contributed by atoms with van der Waals surface area (Å²) < 4.78 is 5.17. The number of halogens is 1. The molecule has 0 unspecified atom stereocenters. The number of hydrogen-bond acceptors (Lipinski definition) is 3. The van der Waals surface area contributed by atoms with Crippen molar-refractivity contribution in [3.63, 3.8) is 0 Å². The summed E-state index contributed by atoms with van der Waals surface area (Å²) in [6.07, 6.45) is -0.734. The number of benzene rings is 2. The van der Waals surface area contributed by atoms with Gasteiger partial charge in [0.2, 0.25) is 0 Å². The number of carbonyl (C=O) groups is 2. The van der Waals surface area contributed by atoms with Crippen molar-refractivity contribution in [2.75, 3.05) is 5.32 Å². The summed E-state index contributed by atoms with van der Waals surface area (Å²) in [5.74, 6) is -0.822. The molecule has 0 aliphatic carbocycles. The molecule has 1 N–H and O–H groups in total. The molecule has 0 saturated heterocycles. The van der Waals surface area contributed by atoms with E-state index in [9.17, 15) is 9.59 Å². The van der Waals surface area contributed by atoms with E-state index in [0.29, 0.717) is 10.7 Å². The Morgan fingerprint density at radius 1 is 1.09 bits per heavy atom. The number of rotatable bonds is 5. The molecular formula is C18H18ClNO3. The van der Waals surface area contributed by atoms with Crippen LogP contribution < -0.4 is 5.32 Å². The number of carbonyl (C=O) groups excluding carboxylic acids is 2. The summed E-state index contributed by atoms with van der Waals surface area (Å²) >= 11 is 5.78. The fraction of sp³-hybridized carbons (Fsp3) is 0.222. The van der Waals surface area contributed by atoms with Gasteiger partial charge in [-0.1, -0.05) is 41.4 Å². The van der Waals surface area contributed by atoms with Gasteiger partial charge in [-0.3, -0.25) is 9.59 Å². The number of hydrogen-bond donors (Lipinski definition) is 1. The van der Waals surface area contributed by atoms with Crippen LogP contribution in [0.5, 0.6) is 0 Å². The molecule has 0 heterocycles. The molecule has 2 rings (SSSR count). The van der Waals surface area contributed by atoms with Gasteiger partial charge in [0.05, 0.1) is 6.42 Å². The van der Waals surface area contributed by atoms with Crippen LogP contribution >= 0.6 is 11.6 Å². The molecule has 1 atom stereocenters. The van der Waals surface area contributed by atoms with Crippen molar-refractivity contribution in [2.24, 2.45) is 0 Å². The minimum Gasteiger partial charge on any atom is -0.452 e. The van der Waals surface area contributed by atoms with Crippen LogP contribution in [0.3, 0.4) is 0 Å². The molecule has 5 heteroatoms. The van der Waals surface area contributed by atoms with Gasteiger partial charge in [-0.25, -0.2) is 0 Å². The van der Waals surface area contributed by atoms with Crippen LogP contribution in [0.4, 0.5) is 5.69 Å². The zero-order valence-electron chi connectivity index (χ0n) is 13.0. The van der Waals surface area contributed by atoms with E-state index in [1.807, 2.05) is 31.2 Å². The van der Waals surface area contributed by atoms with Crippen LogP contribution in [-0.4, -0.2) is 18.0 Å². The van der Waals surface area contributed by atoms with Gasteiger partial charge in [0.25, 0.3) is 5.91 Å². The summed E-state index contributed by atoms with van der Waals surface area (Å²) in [5.41, 5.74) is 2.57. The minimum absolute atomic E-state index is 0.138. The third-order valence-corrected chi connectivity index (χ3v) is 3.51. The zero-order valence-corrected chi connectivity index (χ0v) is 13.8. The van der Waals surface area contributed by atoms with Gasteiger partial charge in [0, 0.05) is 10.7 Å². The van der Waals surface area contributed by atoms with Crippen molar-refractivity contribution in [1.82, 2.24) is 0 Å². The maximum atomic E-state index is 12.0. The monoisotopic (exact) mass is 331 g/mol. The molecule has 2 aromatic carbocycles. The topological polar surface area (TPSA) is 55.4 Å². The average Bonchev–Trinajstić information content (AvgIpc) is 2.51. The molecule has 0 aromatic heterocycles. The second-order valence-electron chi connectivity index (χ2n) is 5.29. The molecule has 120 valence electrons. The molecule has 0 radical (unpaired) electrons. The number of esters is 1. The van der Waals surface area contributed by atoms with E-state index >= 15 is 0 Å². The first-order valence-corrected chi connectivity index (χ1v) is 7.63. The first-order valence-electron chi connectivity index (χ1n) is 7.25. The first kappa shape index (κ1) is 17.0. The Balaban J connectivity index is 1.86. The zero-order chi connectivity index (χ0) is 16.8. The molecule has 0 aliphatic heterocycles. The van der Waals surface area contributed by atoms with Crippen molar-refractivity contribution < 1.29 is 14.3 Å². The van der Waals surface area contributed by atoms with Gasteiger partial charge < -0.3 is 10.1 Å². The summed E-state index contributed by atoms with van der Waals surface area (Å²) in [6.45, 7) is 3.52. The van der Waals surface area contributed by atoms with Crippen molar-refractivity contribution in [1.29, 1.82) is 0 Å². The highest BCUT2D eigenvalue weighted by Gasteiger charge is 2.18. The van der Waals surface area contributed by atoms with E-state index in [0.717, 1.165) is 11.1 Å². The Hall–Kier alpha value is -2.33. The maximum absolute atomic E-state index is 12.0. The lowest BCUT2D eigenvalue weighted by Gasteiger charge is -2.13. The lowest BCUT2D eigenvalue weighted by Crippen LogP contribution is -2.30. The van der Waals surface area contributed by atoms with Gasteiger partial charge in [-0.05, 0) is 43.7 Å². The number of amides is 1. The van der Waals surface area contributed by atoms with Crippen LogP contribution in [-0.2, 0) is 20.7 Å². The molecule has 0 fully saturated rings. The second kappa shape index (κ2) is 7.79. The summed E-state index contributed by atoms with van der Waals surface area (Å²) in [5, 5.41) is 3.25. The fourth-order valence-electron chi connectivity index (χ4n) is 1.94. The van der Waals surface area contributed by atoms with E-state index in [-0.39, 0.29) is 12.3 Å². The predicted molar refractivity (Wildman–Crippen MR) is 90.5 cm³/mol. The first-order chi connectivity index (χ1) is 10.9. The SMILES string of the molecule is Cc1ccc(CC(=O)O[C@@H](C)C(=O)Nc2ccc(Cl)cc2)cc1. The van der Waals surface area contributed by atoms with E-state index in [1.165, 1.54) is 6.92 Å². The van der Waals surface area contributed by atoms with E-state index in [2.05, 4.69) is 5.32 Å². The largest absolute Gasteiger partial charge is 0.452 e. The van der Waals surface area contributed by atoms with Gasteiger partial charge >= 0.3 is 5.97 Å². The lowest BCUT2D eigenvalue weighted by atomic mass is 10.1. The van der Waals surface area contributed by atoms with Crippen LogP contribution in [0, 0.1) is 6.92 Å². The number of nitrogens with one attached hydrogen (secondary N) is 1. The van der Waals surface area contributed by atoms with Crippen molar-refractivity contribution in [2.45, 2.75) is 26.4 Å². The molecule has 23 heavy (non-hydrogen) atoms. The highest BCUT2D eigenvalue weighted by Crippen LogP contribution is 2.14. The standard InChI is InChI=1S/C18H18ClNO3/c1-12-3-5-14(6-4-12)11-17(21)23-13(2)18(22)20-16-9-7-15(19)8-10-16/h3-10,13H,11H2,1-2H3,(H,20,22)/t13-/m0/s1. The van der Waals surface area contributed by atoms with Crippen LogP contribution in [0.15, 0.2) is 48.5 Å². The van der Waals surface area contributed by atoms with Gasteiger partial charge in [0.1, 0.15) is 0 Å². The number of aryl methyl sites for hydroxylation is 1. The quantitative estimate of drug-likeness (QED) is 0.849.